The van der Waals surface area contributed by atoms with E-state index in [1.54, 1.807) is 31.5 Å². The molecule has 7 heteroatoms. The lowest BCUT2D eigenvalue weighted by molar-refractivity contribution is 0.297. The first kappa shape index (κ1) is 20.6. The molecule has 0 amide bonds. The van der Waals surface area contributed by atoms with Crippen LogP contribution in [0.4, 0.5) is 0 Å². The molecule has 0 aliphatic rings. The van der Waals surface area contributed by atoms with E-state index >= 15 is 0 Å². The minimum Gasteiger partial charge on any atom is -0.493 e. The lowest BCUT2D eigenvalue weighted by atomic mass is 10.2. The van der Waals surface area contributed by atoms with Gasteiger partial charge < -0.3 is 14.5 Å². The Balaban J connectivity index is 1.53. The Morgan fingerprint density at radius 2 is 1.81 bits per heavy atom. The number of nitrogens with zero attached hydrogens (tertiary/aromatic N) is 2. The largest absolute Gasteiger partial charge is 0.493 e. The number of hydrogen-bond donors (Lipinski definition) is 1. The Hall–Kier alpha value is -3.71. The molecule has 3 aromatic carbocycles. The minimum atomic E-state index is -0.275. The van der Waals surface area contributed by atoms with Crippen molar-refractivity contribution < 1.29 is 9.47 Å². The zero-order chi connectivity index (χ0) is 21.6. The second kappa shape index (κ2) is 9.40. The summed E-state index contributed by atoms with van der Waals surface area (Å²) >= 11 is 5.29. The number of aromatic nitrogens is 2. The maximum absolute atomic E-state index is 12.7. The van der Waals surface area contributed by atoms with Crippen molar-refractivity contribution in [1.82, 2.24) is 9.66 Å². The second-order valence-corrected chi connectivity index (χ2v) is 7.22. The predicted octanol–water partition coefficient (Wildman–Crippen LogP) is 4.57. The zero-order valence-electron chi connectivity index (χ0n) is 16.9. The SMILES string of the molecule is COc1cc(/C=N/n2c(=S)[nH]c3ccccc3c2=O)ccc1OCCc1ccccc1. The van der Waals surface area contributed by atoms with Crippen molar-refractivity contribution in [2.75, 3.05) is 13.7 Å². The van der Waals surface area contributed by atoms with E-state index in [2.05, 4.69) is 22.2 Å². The van der Waals surface area contributed by atoms with Crippen molar-refractivity contribution in [3.63, 3.8) is 0 Å². The highest BCUT2D eigenvalue weighted by atomic mass is 32.1. The van der Waals surface area contributed by atoms with Gasteiger partial charge in [0.15, 0.2) is 11.5 Å². The maximum atomic E-state index is 12.7. The summed E-state index contributed by atoms with van der Waals surface area (Å²) in [5.74, 6) is 1.24. The van der Waals surface area contributed by atoms with Gasteiger partial charge in [0.05, 0.1) is 30.8 Å². The predicted molar refractivity (Wildman–Crippen MR) is 125 cm³/mol. The van der Waals surface area contributed by atoms with Crippen molar-refractivity contribution in [3.8, 4) is 11.5 Å². The van der Waals surface area contributed by atoms with E-state index in [0.717, 1.165) is 12.0 Å². The molecule has 0 atom stereocenters. The molecule has 0 bridgehead atoms. The molecule has 156 valence electrons. The molecule has 1 heterocycles. The van der Waals surface area contributed by atoms with Crippen LogP contribution < -0.4 is 15.0 Å². The molecule has 0 saturated heterocycles. The summed E-state index contributed by atoms with van der Waals surface area (Å²) < 4.78 is 12.8. The molecule has 4 rings (SSSR count). The quantitative estimate of drug-likeness (QED) is 0.344. The van der Waals surface area contributed by atoms with Gasteiger partial charge in [0.25, 0.3) is 5.56 Å². The smallest absolute Gasteiger partial charge is 0.282 e. The Kier molecular flexibility index (Phi) is 6.24. The number of hydrogen-bond acceptors (Lipinski definition) is 5. The van der Waals surface area contributed by atoms with Gasteiger partial charge in [-0.05, 0) is 53.7 Å². The van der Waals surface area contributed by atoms with Gasteiger partial charge >= 0.3 is 0 Å². The first-order valence-corrected chi connectivity index (χ1v) is 10.2. The number of rotatable bonds is 7. The van der Waals surface area contributed by atoms with Crippen LogP contribution in [0.3, 0.4) is 0 Å². The molecule has 0 spiro atoms. The van der Waals surface area contributed by atoms with Crippen LogP contribution in [0.5, 0.6) is 11.5 Å². The van der Waals surface area contributed by atoms with Gasteiger partial charge in [-0.15, -0.1) is 0 Å². The minimum absolute atomic E-state index is 0.229. The van der Waals surface area contributed by atoms with Crippen LogP contribution >= 0.6 is 12.2 Å². The lowest BCUT2D eigenvalue weighted by Crippen LogP contribution is -2.18. The van der Waals surface area contributed by atoms with Gasteiger partial charge in [-0.1, -0.05) is 42.5 Å². The van der Waals surface area contributed by atoms with Crippen LogP contribution in [0.15, 0.2) is 82.7 Å². The van der Waals surface area contributed by atoms with Crippen molar-refractivity contribution in [2.24, 2.45) is 5.10 Å². The number of ether oxygens (including phenoxy) is 2. The van der Waals surface area contributed by atoms with Crippen molar-refractivity contribution >= 4 is 29.3 Å². The van der Waals surface area contributed by atoms with Crippen molar-refractivity contribution in [1.29, 1.82) is 0 Å². The van der Waals surface area contributed by atoms with E-state index in [1.807, 2.05) is 42.5 Å². The fraction of sp³-hybridized carbons (Fsp3) is 0.125. The third kappa shape index (κ3) is 4.73. The highest BCUT2D eigenvalue weighted by Crippen LogP contribution is 2.27. The van der Waals surface area contributed by atoms with Crippen LogP contribution in [-0.2, 0) is 6.42 Å². The Bertz CT molecular complexity index is 1340. The van der Waals surface area contributed by atoms with Crippen LogP contribution in [0.1, 0.15) is 11.1 Å². The number of aromatic amines is 1. The number of para-hydroxylation sites is 1. The molecule has 0 radical (unpaired) electrons. The normalized spacial score (nSPS) is 11.1. The van der Waals surface area contributed by atoms with E-state index < -0.39 is 0 Å². The topological polar surface area (TPSA) is 68.6 Å². The summed E-state index contributed by atoms with van der Waals surface area (Å²) in [4.78, 5) is 15.7. The Morgan fingerprint density at radius 1 is 1.03 bits per heavy atom. The Labute approximate surface area is 184 Å². The van der Waals surface area contributed by atoms with Crippen LogP contribution in [0.2, 0.25) is 0 Å². The van der Waals surface area contributed by atoms with Crippen LogP contribution in [0, 0.1) is 4.77 Å². The molecule has 1 N–H and O–H groups in total. The number of H-pyrrole nitrogens is 1. The molecule has 1 aromatic heterocycles. The first-order valence-electron chi connectivity index (χ1n) is 9.79. The van der Waals surface area contributed by atoms with Gasteiger partial charge in [0.2, 0.25) is 4.77 Å². The Morgan fingerprint density at radius 3 is 2.61 bits per heavy atom. The van der Waals surface area contributed by atoms with Crippen LogP contribution in [-0.4, -0.2) is 29.6 Å². The maximum Gasteiger partial charge on any atom is 0.282 e. The third-order valence-corrected chi connectivity index (χ3v) is 5.06. The molecule has 6 nitrogen and oxygen atoms in total. The summed E-state index contributed by atoms with van der Waals surface area (Å²) in [7, 11) is 1.59. The number of nitrogens with one attached hydrogen (secondary N) is 1. The van der Waals surface area contributed by atoms with Gasteiger partial charge in [-0.3, -0.25) is 4.79 Å². The fourth-order valence-electron chi connectivity index (χ4n) is 3.19. The monoisotopic (exact) mass is 431 g/mol. The molecule has 0 aliphatic heterocycles. The number of methoxy groups -OCH3 is 1. The number of fused-ring (bicyclic) bond motifs is 1. The van der Waals surface area contributed by atoms with E-state index in [9.17, 15) is 4.79 Å². The molecule has 0 fully saturated rings. The van der Waals surface area contributed by atoms with Gasteiger partial charge in [0, 0.05) is 6.42 Å². The zero-order valence-corrected chi connectivity index (χ0v) is 17.8. The molecule has 31 heavy (non-hydrogen) atoms. The van der Waals surface area contributed by atoms with Gasteiger partial charge in [0.1, 0.15) is 0 Å². The molecule has 0 saturated carbocycles. The number of benzene rings is 3. The summed E-state index contributed by atoms with van der Waals surface area (Å²) in [6.45, 7) is 0.537. The summed E-state index contributed by atoms with van der Waals surface area (Å²) in [5.41, 5.74) is 2.37. The van der Waals surface area contributed by atoms with Crippen LogP contribution in [0.25, 0.3) is 10.9 Å². The van der Waals surface area contributed by atoms with Crippen molar-refractivity contribution in [2.45, 2.75) is 6.42 Å². The lowest BCUT2D eigenvalue weighted by Gasteiger charge is -2.11. The first-order chi connectivity index (χ1) is 15.2. The van der Waals surface area contributed by atoms with Gasteiger partial charge in [-0.2, -0.15) is 9.78 Å². The molecular weight excluding hydrogens is 410 g/mol. The third-order valence-electron chi connectivity index (χ3n) is 4.78. The summed E-state index contributed by atoms with van der Waals surface area (Å²) in [6, 6.07) is 22.8. The second-order valence-electron chi connectivity index (χ2n) is 6.83. The molecule has 0 unspecified atom stereocenters. The molecular formula is C24H21N3O3S. The summed E-state index contributed by atoms with van der Waals surface area (Å²) in [5, 5.41) is 4.80. The molecule has 4 aromatic rings. The summed E-state index contributed by atoms with van der Waals surface area (Å²) in [6.07, 6.45) is 2.37. The highest BCUT2D eigenvalue weighted by molar-refractivity contribution is 7.71. The van der Waals surface area contributed by atoms with E-state index in [0.29, 0.717) is 29.0 Å². The van der Waals surface area contributed by atoms with E-state index in [-0.39, 0.29) is 10.3 Å². The standard InChI is InChI=1S/C24H21N3O3S/c1-29-22-15-18(11-12-21(22)30-14-13-17-7-3-2-4-8-17)16-25-27-23(28)19-9-5-6-10-20(19)26-24(27)31/h2-12,15-16H,13-14H2,1H3,(H,26,31)/b25-16+. The van der Waals surface area contributed by atoms with Crippen molar-refractivity contribution in [3.05, 3.63) is 99.0 Å². The van der Waals surface area contributed by atoms with Gasteiger partial charge in [-0.25, -0.2) is 0 Å². The average Bonchev–Trinajstić information content (AvgIpc) is 2.80. The highest BCUT2D eigenvalue weighted by Gasteiger charge is 2.07. The van der Waals surface area contributed by atoms with E-state index in [4.69, 9.17) is 21.7 Å². The van der Waals surface area contributed by atoms with E-state index in [1.165, 1.54) is 10.2 Å². The fourth-order valence-corrected chi connectivity index (χ4v) is 3.43. The average molecular weight is 432 g/mol. The molecule has 0 aliphatic carbocycles.